The van der Waals surface area contributed by atoms with Crippen molar-refractivity contribution in [3.8, 4) is 0 Å². The third-order valence-corrected chi connectivity index (χ3v) is 3.96. The molecule has 0 saturated carbocycles. The van der Waals surface area contributed by atoms with Crippen molar-refractivity contribution in [3.05, 3.63) is 70.8 Å². The SMILES string of the molecule is Cc1ccc(C)c(NC(=O)[C@@H](C)OC(=O)/C=C/c2ccc(C(F)(F)F)cc2)c1. The number of hydrogen-bond acceptors (Lipinski definition) is 3. The lowest BCUT2D eigenvalue weighted by Gasteiger charge is -2.14. The number of nitrogens with one attached hydrogen (secondary N) is 1. The number of carbonyl (C=O) groups is 2. The number of ether oxygens (including phenoxy) is 1. The molecule has 0 aliphatic heterocycles. The van der Waals surface area contributed by atoms with E-state index in [1.165, 1.54) is 25.1 Å². The quantitative estimate of drug-likeness (QED) is 0.582. The molecule has 0 radical (unpaired) electrons. The monoisotopic (exact) mass is 391 g/mol. The summed E-state index contributed by atoms with van der Waals surface area (Å²) in [5, 5.41) is 2.70. The van der Waals surface area contributed by atoms with Gasteiger partial charge in [-0.15, -0.1) is 0 Å². The van der Waals surface area contributed by atoms with E-state index in [9.17, 15) is 22.8 Å². The van der Waals surface area contributed by atoms with Crippen molar-refractivity contribution < 1.29 is 27.5 Å². The Balaban J connectivity index is 1.93. The van der Waals surface area contributed by atoms with Gasteiger partial charge in [-0.05, 0) is 61.7 Å². The number of carbonyl (C=O) groups excluding carboxylic acids is 2. The van der Waals surface area contributed by atoms with Gasteiger partial charge >= 0.3 is 12.1 Å². The van der Waals surface area contributed by atoms with Gasteiger partial charge in [-0.1, -0.05) is 24.3 Å². The molecule has 0 spiro atoms. The average molecular weight is 391 g/mol. The minimum Gasteiger partial charge on any atom is -0.449 e. The van der Waals surface area contributed by atoms with Crippen LogP contribution in [0.5, 0.6) is 0 Å². The lowest BCUT2D eigenvalue weighted by atomic mass is 10.1. The number of amides is 1. The van der Waals surface area contributed by atoms with Crippen LogP contribution in [0.25, 0.3) is 6.08 Å². The smallest absolute Gasteiger partial charge is 0.416 e. The first kappa shape index (κ1) is 21.2. The molecule has 0 aliphatic carbocycles. The van der Waals surface area contributed by atoms with E-state index in [-0.39, 0.29) is 0 Å². The Hall–Kier alpha value is -3.09. The van der Waals surface area contributed by atoms with Gasteiger partial charge in [0, 0.05) is 11.8 Å². The van der Waals surface area contributed by atoms with Crippen LogP contribution in [0.1, 0.15) is 29.2 Å². The molecule has 0 aromatic heterocycles. The van der Waals surface area contributed by atoms with E-state index in [0.717, 1.165) is 29.3 Å². The Bertz CT molecular complexity index is 887. The lowest BCUT2D eigenvalue weighted by Crippen LogP contribution is -2.29. The fraction of sp³-hybridized carbons (Fsp3) is 0.238. The van der Waals surface area contributed by atoms with Gasteiger partial charge in [0.2, 0.25) is 0 Å². The van der Waals surface area contributed by atoms with Gasteiger partial charge in [-0.3, -0.25) is 4.79 Å². The molecule has 0 saturated heterocycles. The molecular formula is C21H20F3NO3. The molecule has 0 heterocycles. The second-order valence-electron chi connectivity index (χ2n) is 6.34. The molecule has 7 heteroatoms. The fourth-order valence-electron chi connectivity index (χ4n) is 2.32. The largest absolute Gasteiger partial charge is 0.449 e. The third kappa shape index (κ3) is 5.97. The van der Waals surface area contributed by atoms with Gasteiger partial charge in [0.1, 0.15) is 0 Å². The van der Waals surface area contributed by atoms with Crippen molar-refractivity contribution in [2.75, 3.05) is 5.32 Å². The first-order chi connectivity index (χ1) is 13.1. The first-order valence-corrected chi connectivity index (χ1v) is 8.50. The highest BCUT2D eigenvalue weighted by Crippen LogP contribution is 2.29. The summed E-state index contributed by atoms with van der Waals surface area (Å²) < 4.78 is 42.6. The molecule has 148 valence electrons. The summed E-state index contributed by atoms with van der Waals surface area (Å²) in [6, 6.07) is 9.92. The average Bonchev–Trinajstić information content (AvgIpc) is 2.62. The summed E-state index contributed by atoms with van der Waals surface area (Å²) in [7, 11) is 0. The molecule has 2 aromatic carbocycles. The van der Waals surface area contributed by atoms with Gasteiger partial charge in [0.15, 0.2) is 6.10 Å². The summed E-state index contributed by atoms with van der Waals surface area (Å²) in [5.74, 6) is -1.26. The van der Waals surface area contributed by atoms with E-state index in [2.05, 4.69) is 5.32 Å². The minimum atomic E-state index is -4.42. The second kappa shape index (κ2) is 8.73. The highest BCUT2D eigenvalue weighted by atomic mass is 19.4. The van der Waals surface area contributed by atoms with Crippen LogP contribution in [0.2, 0.25) is 0 Å². The lowest BCUT2D eigenvalue weighted by molar-refractivity contribution is -0.148. The van der Waals surface area contributed by atoms with Crippen molar-refractivity contribution in [3.63, 3.8) is 0 Å². The van der Waals surface area contributed by atoms with E-state index < -0.39 is 29.7 Å². The topological polar surface area (TPSA) is 55.4 Å². The van der Waals surface area contributed by atoms with Crippen LogP contribution in [-0.4, -0.2) is 18.0 Å². The van der Waals surface area contributed by atoms with Gasteiger partial charge in [-0.2, -0.15) is 13.2 Å². The van der Waals surface area contributed by atoms with E-state index in [1.54, 1.807) is 0 Å². The predicted molar refractivity (Wildman–Crippen MR) is 101 cm³/mol. The number of esters is 1. The molecular weight excluding hydrogens is 371 g/mol. The molecule has 2 rings (SSSR count). The third-order valence-electron chi connectivity index (χ3n) is 3.96. The van der Waals surface area contributed by atoms with Crippen LogP contribution in [0, 0.1) is 13.8 Å². The van der Waals surface area contributed by atoms with Crippen LogP contribution in [0.3, 0.4) is 0 Å². The molecule has 0 aliphatic rings. The molecule has 2 aromatic rings. The highest BCUT2D eigenvalue weighted by molar-refractivity contribution is 5.97. The van der Waals surface area contributed by atoms with Crippen LogP contribution < -0.4 is 5.32 Å². The summed E-state index contributed by atoms with van der Waals surface area (Å²) in [5.41, 5.74) is 2.11. The van der Waals surface area contributed by atoms with Gasteiger partial charge in [0.25, 0.3) is 5.91 Å². The van der Waals surface area contributed by atoms with Crippen LogP contribution >= 0.6 is 0 Å². The Morgan fingerprint density at radius 3 is 2.32 bits per heavy atom. The van der Waals surface area contributed by atoms with E-state index >= 15 is 0 Å². The van der Waals surface area contributed by atoms with Gasteiger partial charge in [-0.25, -0.2) is 4.79 Å². The minimum absolute atomic E-state index is 0.400. The highest BCUT2D eigenvalue weighted by Gasteiger charge is 2.29. The number of aryl methyl sites for hydroxylation is 2. The van der Waals surface area contributed by atoms with Crippen molar-refractivity contribution in [2.45, 2.75) is 33.1 Å². The molecule has 1 N–H and O–H groups in total. The normalized spacial score (nSPS) is 12.6. The molecule has 0 fully saturated rings. The maximum Gasteiger partial charge on any atom is 0.416 e. The maximum absolute atomic E-state index is 12.5. The van der Waals surface area contributed by atoms with Crippen LogP contribution in [0.4, 0.5) is 18.9 Å². The zero-order valence-electron chi connectivity index (χ0n) is 15.6. The molecule has 0 unspecified atom stereocenters. The van der Waals surface area contributed by atoms with Crippen molar-refractivity contribution in [1.82, 2.24) is 0 Å². The van der Waals surface area contributed by atoms with Crippen LogP contribution in [-0.2, 0) is 20.5 Å². The first-order valence-electron chi connectivity index (χ1n) is 8.50. The van der Waals surface area contributed by atoms with Crippen LogP contribution in [0.15, 0.2) is 48.5 Å². The molecule has 1 amide bonds. The number of rotatable bonds is 5. The Kier molecular flexibility index (Phi) is 6.62. The fourth-order valence-corrected chi connectivity index (χ4v) is 2.32. The molecule has 1 atom stereocenters. The number of alkyl halides is 3. The number of anilines is 1. The Morgan fingerprint density at radius 1 is 1.07 bits per heavy atom. The number of benzene rings is 2. The van der Waals surface area contributed by atoms with Gasteiger partial charge < -0.3 is 10.1 Å². The Labute approximate surface area is 161 Å². The van der Waals surface area contributed by atoms with Crippen molar-refractivity contribution in [2.24, 2.45) is 0 Å². The standard InChI is InChI=1S/C21H20F3NO3/c1-13-4-5-14(2)18(12-13)25-20(27)15(3)28-19(26)11-8-16-6-9-17(10-7-16)21(22,23)24/h4-12,15H,1-3H3,(H,25,27)/b11-8+/t15-/m1/s1. The van der Waals surface area contributed by atoms with E-state index in [4.69, 9.17) is 4.74 Å². The van der Waals surface area contributed by atoms with Gasteiger partial charge in [0.05, 0.1) is 5.56 Å². The maximum atomic E-state index is 12.5. The van der Waals surface area contributed by atoms with E-state index in [0.29, 0.717) is 11.3 Å². The Morgan fingerprint density at radius 2 is 1.71 bits per heavy atom. The molecule has 4 nitrogen and oxygen atoms in total. The summed E-state index contributed by atoms with van der Waals surface area (Å²) in [6.45, 7) is 5.17. The summed E-state index contributed by atoms with van der Waals surface area (Å²) in [6.07, 6.45) is -3.08. The van der Waals surface area contributed by atoms with E-state index in [1.807, 2.05) is 32.0 Å². The van der Waals surface area contributed by atoms with Crippen molar-refractivity contribution >= 4 is 23.6 Å². The van der Waals surface area contributed by atoms with Crippen molar-refractivity contribution in [1.29, 1.82) is 0 Å². The number of halogens is 3. The number of hydrogen-bond donors (Lipinski definition) is 1. The zero-order chi connectivity index (χ0) is 20.9. The second-order valence-corrected chi connectivity index (χ2v) is 6.34. The zero-order valence-corrected chi connectivity index (χ0v) is 15.6. The summed E-state index contributed by atoms with van der Waals surface area (Å²) in [4.78, 5) is 24.1. The predicted octanol–water partition coefficient (Wildman–Crippen LogP) is 4.91. The summed E-state index contributed by atoms with van der Waals surface area (Å²) >= 11 is 0. The molecule has 0 bridgehead atoms. The molecule has 28 heavy (non-hydrogen) atoms.